The lowest BCUT2D eigenvalue weighted by molar-refractivity contribution is -0.274. The van der Waals surface area contributed by atoms with Gasteiger partial charge in [-0.1, -0.05) is 5.16 Å². The van der Waals surface area contributed by atoms with E-state index in [9.17, 15) is 13.2 Å². The van der Waals surface area contributed by atoms with Gasteiger partial charge in [0.05, 0.1) is 5.71 Å². The number of rotatable bonds is 5. The Labute approximate surface area is 113 Å². The second-order valence-electron chi connectivity index (χ2n) is 4.12. The van der Waals surface area contributed by atoms with Crippen molar-refractivity contribution >= 4 is 5.71 Å². The van der Waals surface area contributed by atoms with Gasteiger partial charge in [-0.15, -0.1) is 13.2 Å². The lowest BCUT2D eigenvalue weighted by atomic mass is 10.2. The van der Waals surface area contributed by atoms with E-state index in [-0.39, 0.29) is 18.5 Å². The second-order valence-corrected chi connectivity index (χ2v) is 4.12. The highest BCUT2D eigenvalue weighted by atomic mass is 19.4. The fraction of sp³-hybridized carbons (Fsp3) is 0.417. The van der Waals surface area contributed by atoms with Gasteiger partial charge >= 0.3 is 6.36 Å². The molecule has 0 aromatic heterocycles. The van der Waals surface area contributed by atoms with Crippen LogP contribution in [0.3, 0.4) is 0 Å². The maximum atomic E-state index is 12.0. The van der Waals surface area contributed by atoms with Crippen molar-refractivity contribution in [2.45, 2.75) is 18.9 Å². The number of nitrogens with zero attached hydrogens (tertiary/aromatic N) is 1. The Morgan fingerprint density at radius 1 is 1.25 bits per heavy atom. The summed E-state index contributed by atoms with van der Waals surface area (Å²) in [6, 6.07) is 5.14. The third-order valence-electron chi connectivity index (χ3n) is 2.52. The molecule has 0 aliphatic carbocycles. The maximum absolute atomic E-state index is 12.0. The quantitative estimate of drug-likeness (QED) is 0.901. The first kappa shape index (κ1) is 14.4. The zero-order valence-corrected chi connectivity index (χ0v) is 10.4. The van der Waals surface area contributed by atoms with Gasteiger partial charge in [0.25, 0.3) is 0 Å². The lowest BCUT2D eigenvalue weighted by Gasteiger charge is -2.12. The molecule has 2 rings (SSSR count). The van der Waals surface area contributed by atoms with Crippen molar-refractivity contribution in [3.8, 4) is 11.5 Å². The van der Waals surface area contributed by atoms with Crippen LogP contribution in [0.2, 0.25) is 0 Å². The molecule has 1 aromatic carbocycles. The second kappa shape index (κ2) is 6.00. The molecular weight excluding hydrogens is 277 g/mol. The molecular formula is C12H13F3N2O3. The minimum absolute atomic E-state index is 0.223. The summed E-state index contributed by atoms with van der Waals surface area (Å²) < 4.78 is 45.1. The Balaban J connectivity index is 1.80. The van der Waals surface area contributed by atoms with Crippen LogP contribution in [0, 0.1) is 0 Å². The summed E-state index contributed by atoms with van der Waals surface area (Å²) in [5.41, 5.74) is 6.17. The zero-order chi connectivity index (χ0) is 14.6. The molecule has 0 bridgehead atoms. The van der Waals surface area contributed by atoms with Crippen molar-refractivity contribution in [3.05, 3.63) is 24.3 Å². The van der Waals surface area contributed by atoms with Gasteiger partial charge < -0.3 is 20.0 Å². The molecule has 1 heterocycles. The lowest BCUT2D eigenvalue weighted by Crippen LogP contribution is -2.20. The standard InChI is InChI=1S/C12H13F3N2O3/c13-12(14,15)19-10-3-1-9(2-4-10)18-7-11-5-8(6-16)17-20-11/h1-4,11H,5-7,16H2. The highest BCUT2D eigenvalue weighted by Gasteiger charge is 2.31. The van der Waals surface area contributed by atoms with Crippen LogP contribution in [0.15, 0.2) is 29.4 Å². The van der Waals surface area contributed by atoms with Crippen LogP contribution in [-0.4, -0.2) is 31.3 Å². The first-order valence-electron chi connectivity index (χ1n) is 5.86. The van der Waals surface area contributed by atoms with Gasteiger partial charge in [-0.05, 0) is 24.3 Å². The van der Waals surface area contributed by atoms with Crippen LogP contribution in [0.25, 0.3) is 0 Å². The fourth-order valence-corrected chi connectivity index (χ4v) is 1.62. The minimum Gasteiger partial charge on any atom is -0.490 e. The minimum atomic E-state index is -4.70. The smallest absolute Gasteiger partial charge is 0.490 e. The van der Waals surface area contributed by atoms with E-state index >= 15 is 0 Å². The Hall–Kier alpha value is -1.96. The number of hydrogen-bond donors (Lipinski definition) is 1. The highest BCUT2D eigenvalue weighted by Crippen LogP contribution is 2.25. The van der Waals surface area contributed by atoms with Crippen molar-refractivity contribution in [2.75, 3.05) is 13.2 Å². The maximum Gasteiger partial charge on any atom is 0.573 e. The highest BCUT2D eigenvalue weighted by molar-refractivity contribution is 5.87. The van der Waals surface area contributed by atoms with Crippen molar-refractivity contribution in [3.63, 3.8) is 0 Å². The molecule has 1 unspecified atom stereocenters. The van der Waals surface area contributed by atoms with Crippen molar-refractivity contribution in [1.29, 1.82) is 0 Å². The van der Waals surface area contributed by atoms with Crippen LogP contribution in [0.1, 0.15) is 6.42 Å². The third-order valence-corrected chi connectivity index (χ3v) is 2.52. The van der Waals surface area contributed by atoms with E-state index < -0.39 is 6.36 Å². The van der Waals surface area contributed by atoms with Crippen LogP contribution < -0.4 is 15.2 Å². The molecule has 110 valence electrons. The first-order chi connectivity index (χ1) is 9.46. The van der Waals surface area contributed by atoms with E-state index in [0.29, 0.717) is 18.7 Å². The SMILES string of the molecule is NCC1=NOC(COc2ccc(OC(F)(F)F)cc2)C1. The van der Waals surface area contributed by atoms with Gasteiger partial charge in [-0.2, -0.15) is 0 Å². The zero-order valence-electron chi connectivity index (χ0n) is 10.4. The first-order valence-corrected chi connectivity index (χ1v) is 5.86. The molecule has 0 amide bonds. The Bertz CT molecular complexity index is 474. The number of ether oxygens (including phenoxy) is 2. The van der Waals surface area contributed by atoms with Crippen LogP contribution in [-0.2, 0) is 4.84 Å². The summed E-state index contributed by atoms with van der Waals surface area (Å²) in [5.74, 6) is 0.125. The van der Waals surface area contributed by atoms with E-state index in [0.717, 1.165) is 5.71 Å². The largest absolute Gasteiger partial charge is 0.573 e. The van der Waals surface area contributed by atoms with E-state index in [1.54, 1.807) is 0 Å². The van der Waals surface area contributed by atoms with Crippen molar-refractivity contribution in [1.82, 2.24) is 0 Å². The molecule has 0 radical (unpaired) electrons. The van der Waals surface area contributed by atoms with E-state index in [1.807, 2.05) is 0 Å². The molecule has 8 heteroatoms. The summed E-state index contributed by atoms with van der Waals surface area (Å²) in [6.07, 6.45) is -4.33. The molecule has 5 nitrogen and oxygen atoms in total. The van der Waals surface area contributed by atoms with E-state index in [2.05, 4.69) is 9.89 Å². The molecule has 1 aliphatic rings. The van der Waals surface area contributed by atoms with Gasteiger partial charge in [-0.3, -0.25) is 0 Å². The third kappa shape index (κ3) is 4.30. The van der Waals surface area contributed by atoms with Crippen molar-refractivity contribution in [2.24, 2.45) is 10.9 Å². The number of hydrogen-bond acceptors (Lipinski definition) is 5. The predicted molar refractivity (Wildman–Crippen MR) is 64.6 cm³/mol. The topological polar surface area (TPSA) is 66.1 Å². The fourth-order valence-electron chi connectivity index (χ4n) is 1.62. The average Bonchev–Trinajstić information content (AvgIpc) is 2.84. The van der Waals surface area contributed by atoms with Gasteiger partial charge in [-0.25, -0.2) is 0 Å². The summed E-state index contributed by atoms with van der Waals surface area (Å²) in [5, 5.41) is 3.77. The number of oxime groups is 1. The summed E-state index contributed by atoms with van der Waals surface area (Å²) >= 11 is 0. The van der Waals surface area contributed by atoms with Crippen LogP contribution >= 0.6 is 0 Å². The molecule has 1 atom stereocenters. The molecule has 0 saturated carbocycles. The molecule has 0 fully saturated rings. The number of nitrogens with two attached hydrogens (primary N) is 1. The summed E-state index contributed by atoms with van der Waals surface area (Å²) in [7, 11) is 0. The Kier molecular flexibility index (Phi) is 4.33. The Morgan fingerprint density at radius 2 is 1.90 bits per heavy atom. The molecule has 1 aromatic rings. The molecule has 20 heavy (non-hydrogen) atoms. The van der Waals surface area contributed by atoms with Gasteiger partial charge in [0.15, 0.2) is 6.10 Å². The normalized spacial score (nSPS) is 18.4. The number of alkyl halides is 3. The van der Waals surface area contributed by atoms with Crippen LogP contribution in [0.4, 0.5) is 13.2 Å². The van der Waals surface area contributed by atoms with E-state index in [4.69, 9.17) is 15.3 Å². The number of halogens is 3. The van der Waals surface area contributed by atoms with Gasteiger partial charge in [0.1, 0.15) is 18.1 Å². The Morgan fingerprint density at radius 3 is 2.45 bits per heavy atom. The molecule has 2 N–H and O–H groups in total. The monoisotopic (exact) mass is 290 g/mol. The summed E-state index contributed by atoms with van der Waals surface area (Å²) in [6.45, 7) is 0.576. The average molecular weight is 290 g/mol. The predicted octanol–water partition coefficient (Wildman–Crippen LogP) is 2.07. The number of benzene rings is 1. The molecule has 1 aliphatic heterocycles. The van der Waals surface area contributed by atoms with Gasteiger partial charge in [0, 0.05) is 13.0 Å². The summed E-state index contributed by atoms with van der Waals surface area (Å²) in [4.78, 5) is 5.08. The van der Waals surface area contributed by atoms with Crippen molar-refractivity contribution < 1.29 is 27.5 Å². The van der Waals surface area contributed by atoms with Gasteiger partial charge in [0.2, 0.25) is 0 Å². The molecule has 0 spiro atoms. The molecule has 0 saturated heterocycles. The van der Waals surface area contributed by atoms with E-state index in [1.165, 1.54) is 24.3 Å². The van der Waals surface area contributed by atoms with Crippen LogP contribution in [0.5, 0.6) is 11.5 Å².